The summed E-state index contributed by atoms with van der Waals surface area (Å²) in [5.74, 6) is 0. The zero-order valence-electron chi connectivity index (χ0n) is 12.1. The minimum absolute atomic E-state index is 0.158. The summed E-state index contributed by atoms with van der Waals surface area (Å²) in [5, 5.41) is 0. The highest BCUT2D eigenvalue weighted by Crippen LogP contribution is 2.09. The van der Waals surface area contributed by atoms with Crippen molar-refractivity contribution in [3.63, 3.8) is 0 Å². The standard InChI is InChI=1S/C18H21IO2/c19-12-11-18(21-14-17-9-5-2-6-10-17)15-20-13-16-7-3-1-4-8-16/h1-10,18H,11-15H2. The maximum atomic E-state index is 5.98. The van der Waals surface area contributed by atoms with E-state index in [1.807, 2.05) is 36.4 Å². The first kappa shape index (κ1) is 16.5. The molecule has 2 aromatic rings. The zero-order chi connectivity index (χ0) is 14.8. The van der Waals surface area contributed by atoms with Gasteiger partial charge >= 0.3 is 0 Å². The molecule has 1 unspecified atom stereocenters. The molecule has 0 heterocycles. The average molecular weight is 396 g/mol. The van der Waals surface area contributed by atoms with Gasteiger partial charge in [-0.3, -0.25) is 0 Å². The van der Waals surface area contributed by atoms with Crippen LogP contribution in [-0.4, -0.2) is 17.1 Å². The summed E-state index contributed by atoms with van der Waals surface area (Å²) in [6.45, 7) is 1.94. The molecule has 0 amide bonds. The van der Waals surface area contributed by atoms with Crippen molar-refractivity contribution < 1.29 is 9.47 Å². The molecule has 0 aliphatic carbocycles. The van der Waals surface area contributed by atoms with Crippen molar-refractivity contribution >= 4 is 22.6 Å². The van der Waals surface area contributed by atoms with Crippen molar-refractivity contribution in [1.29, 1.82) is 0 Å². The van der Waals surface area contributed by atoms with Crippen LogP contribution in [0, 0.1) is 0 Å². The van der Waals surface area contributed by atoms with Crippen LogP contribution in [0.3, 0.4) is 0 Å². The van der Waals surface area contributed by atoms with Gasteiger partial charge in [-0.1, -0.05) is 83.3 Å². The molecule has 2 aromatic carbocycles. The van der Waals surface area contributed by atoms with Gasteiger partial charge in [0.05, 0.1) is 25.9 Å². The van der Waals surface area contributed by atoms with Gasteiger partial charge in [-0.25, -0.2) is 0 Å². The summed E-state index contributed by atoms with van der Waals surface area (Å²) in [4.78, 5) is 0. The SMILES string of the molecule is ICCC(COCc1ccccc1)OCc1ccccc1. The van der Waals surface area contributed by atoms with Crippen LogP contribution in [0.25, 0.3) is 0 Å². The van der Waals surface area contributed by atoms with E-state index < -0.39 is 0 Å². The molecule has 21 heavy (non-hydrogen) atoms. The molecule has 0 radical (unpaired) electrons. The first-order valence-corrected chi connectivity index (χ1v) is 8.74. The van der Waals surface area contributed by atoms with E-state index in [0.717, 1.165) is 10.8 Å². The van der Waals surface area contributed by atoms with Crippen molar-refractivity contribution in [3.05, 3.63) is 71.8 Å². The van der Waals surface area contributed by atoms with E-state index in [1.165, 1.54) is 11.1 Å². The molecule has 0 saturated heterocycles. The lowest BCUT2D eigenvalue weighted by molar-refractivity contribution is -0.0300. The number of hydrogen-bond donors (Lipinski definition) is 0. The van der Waals surface area contributed by atoms with Crippen molar-refractivity contribution in [2.75, 3.05) is 11.0 Å². The molecule has 3 heteroatoms. The van der Waals surface area contributed by atoms with Crippen LogP contribution in [-0.2, 0) is 22.7 Å². The Morgan fingerprint density at radius 1 is 0.810 bits per heavy atom. The highest BCUT2D eigenvalue weighted by Gasteiger charge is 2.09. The van der Waals surface area contributed by atoms with E-state index in [-0.39, 0.29) is 6.10 Å². The Balaban J connectivity index is 1.73. The second kappa shape index (κ2) is 9.92. The van der Waals surface area contributed by atoms with Gasteiger partial charge in [-0.2, -0.15) is 0 Å². The molecular weight excluding hydrogens is 375 g/mol. The summed E-state index contributed by atoms with van der Waals surface area (Å²) >= 11 is 2.38. The lowest BCUT2D eigenvalue weighted by Crippen LogP contribution is -2.20. The molecule has 2 rings (SSSR count). The normalized spacial score (nSPS) is 12.2. The van der Waals surface area contributed by atoms with Crippen LogP contribution in [0.1, 0.15) is 17.5 Å². The molecule has 0 aromatic heterocycles. The van der Waals surface area contributed by atoms with Gasteiger partial charge in [-0.05, 0) is 17.5 Å². The van der Waals surface area contributed by atoms with Crippen LogP contribution in [0.4, 0.5) is 0 Å². The van der Waals surface area contributed by atoms with Crippen LogP contribution in [0.2, 0.25) is 0 Å². The van der Waals surface area contributed by atoms with Gasteiger partial charge in [0.25, 0.3) is 0 Å². The summed E-state index contributed by atoms with van der Waals surface area (Å²) in [7, 11) is 0. The number of ether oxygens (including phenoxy) is 2. The van der Waals surface area contributed by atoms with Crippen LogP contribution >= 0.6 is 22.6 Å². The Bertz CT molecular complexity index is 487. The minimum Gasteiger partial charge on any atom is -0.374 e. The Kier molecular flexibility index (Phi) is 7.78. The molecule has 0 fully saturated rings. The maximum Gasteiger partial charge on any atom is 0.0820 e. The minimum atomic E-state index is 0.158. The van der Waals surface area contributed by atoms with Gasteiger partial charge in [0.15, 0.2) is 0 Å². The lowest BCUT2D eigenvalue weighted by atomic mass is 10.2. The number of rotatable bonds is 9. The van der Waals surface area contributed by atoms with Crippen molar-refractivity contribution in [1.82, 2.24) is 0 Å². The van der Waals surface area contributed by atoms with Crippen LogP contribution < -0.4 is 0 Å². The Hall–Kier alpha value is -0.910. The second-order valence-corrected chi connectivity index (χ2v) is 5.98. The topological polar surface area (TPSA) is 18.5 Å². The van der Waals surface area contributed by atoms with E-state index in [4.69, 9.17) is 9.47 Å². The fourth-order valence-electron chi connectivity index (χ4n) is 2.01. The largest absolute Gasteiger partial charge is 0.374 e. The van der Waals surface area contributed by atoms with E-state index in [0.29, 0.717) is 19.8 Å². The summed E-state index contributed by atoms with van der Waals surface area (Å²) in [6, 6.07) is 20.5. The number of benzene rings is 2. The van der Waals surface area contributed by atoms with Gasteiger partial charge in [0, 0.05) is 4.43 Å². The quantitative estimate of drug-likeness (QED) is 0.455. The third kappa shape index (κ3) is 6.59. The van der Waals surface area contributed by atoms with Gasteiger partial charge < -0.3 is 9.47 Å². The zero-order valence-corrected chi connectivity index (χ0v) is 14.2. The lowest BCUT2D eigenvalue weighted by Gasteiger charge is -2.17. The molecule has 1 atom stereocenters. The van der Waals surface area contributed by atoms with Crippen molar-refractivity contribution in [2.24, 2.45) is 0 Å². The molecule has 112 valence electrons. The van der Waals surface area contributed by atoms with E-state index in [1.54, 1.807) is 0 Å². The van der Waals surface area contributed by atoms with E-state index >= 15 is 0 Å². The Morgan fingerprint density at radius 3 is 1.95 bits per heavy atom. The van der Waals surface area contributed by atoms with Crippen molar-refractivity contribution in [3.8, 4) is 0 Å². The molecule has 0 saturated carbocycles. The van der Waals surface area contributed by atoms with Gasteiger partial charge in [0.1, 0.15) is 0 Å². The summed E-state index contributed by atoms with van der Waals surface area (Å²) in [5.41, 5.74) is 2.41. The van der Waals surface area contributed by atoms with Gasteiger partial charge in [-0.15, -0.1) is 0 Å². The van der Waals surface area contributed by atoms with Crippen LogP contribution in [0.5, 0.6) is 0 Å². The molecule has 0 aliphatic rings. The second-order valence-electron chi connectivity index (χ2n) is 4.90. The average Bonchev–Trinajstić information content (AvgIpc) is 2.54. The Labute approximate surface area is 140 Å². The first-order chi connectivity index (χ1) is 10.4. The molecule has 0 bridgehead atoms. The summed E-state index contributed by atoms with van der Waals surface area (Å²) in [6.07, 6.45) is 1.17. The Morgan fingerprint density at radius 2 is 1.38 bits per heavy atom. The van der Waals surface area contributed by atoms with E-state index in [2.05, 4.69) is 46.9 Å². The van der Waals surface area contributed by atoms with Gasteiger partial charge in [0.2, 0.25) is 0 Å². The fraction of sp³-hybridized carbons (Fsp3) is 0.333. The highest BCUT2D eigenvalue weighted by molar-refractivity contribution is 14.1. The number of alkyl halides is 1. The van der Waals surface area contributed by atoms with E-state index in [9.17, 15) is 0 Å². The summed E-state index contributed by atoms with van der Waals surface area (Å²) < 4.78 is 12.8. The smallest absolute Gasteiger partial charge is 0.0820 e. The molecule has 0 spiro atoms. The highest BCUT2D eigenvalue weighted by atomic mass is 127. The maximum absolute atomic E-state index is 5.98. The third-order valence-electron chi connectivity index (χ3n) is 3.17. The third-order valence-corrected chi connectivity index (χ3v) is 3.80. The molecule has 0 aliphatic heterocycles. The number of halogens is 1. The van der Waals surface area contributed by atoms with Crippen LogP contribution in [0.15, 0.2) is 60.7 Å². The van der Waals surface area contributed by atoms with Crippen molar-refractivity contribution in [2.45, 2.75) is 25.7 Å². The predicted octanol–water partition coefficient (Wildman–Crippen LogP) is 4.61. The molecule has 0 N–H and O–H groups in total. The fourth-order valence-corrected chi connectivity index (χ4v) is 2.70. The predicted molar refractivity (Wildman–Crippen MR) is 94.6 cm³/mol. The first-order valence-electron chi connectivity index (χ1n) is 7.21. The number of hydrogen-bond acceptors (Lipinski definition) is 2. The molecular formula is C18H21IO2. The monoisotopic (exact) mass is 396 g/mol. The molecule has 2 nitrogen and oxygen atoms in total.